The quantitative estimate of drug-likeness (QED) is 0.299. The number of terminal acetylenes is 2. The van der Waals surface area contributed by atoms with E-state index in [1.807, 2.05) is 0 Å². The van der Waals surface area contributed by atoms with Crippen LogP contribution in [-0.2, 0) is 9.47 Å². The van der Waals surface area contributed by atoms with Gasteiger partial charge in [0.2, 0.25) is 0 Å². The molecule has 160 valence electrons. The highest BCUT2D eigenvalue weighted by Gasteiger charge is 2.15. The fourth-order valence-corrected chi connectivity index (χ4v) is 2.11. The van der Waals surface area contributed by atoms with Crippen LogP contribution >= 0.6 is 24.0 Å². The molecule has 3 N–H and O–H groups in total. The molecular formula is C18H30Cl2N4O4. The minimum absolute atomic E-state index is 0. The summed E-state index contributed by atoms with van der Waals surface area (Å²) in [5.74, 6) is 4.86. The lowest BCUT2D eigenvalue weighted by Gasteiger charge is -2.26. The highest BCUT2D eigenvalue weighted by molar-refractivity contribution is 6.62. The number of halogens is 2. The summed E-state index contributed by atoms with van der Waals surface area (Å²) >= 11 is 5.19. The van der Waals surface area contributed by atoms with Crippen LogP contribution in [-0.4, -0.2) is 86.9 Å². The van der Waals surface area contributed by atoms with Crippen molar-refractivity contribution in [3.8, 4) is 24.7 Å². The number of hydrogen-bond donors (Lipinski definition) is 2. The van der Waals surface area contributed by atoms with Gasteiger partial charge in [0.15, 0.2) is 0 Å². The topological polar surface area (TPSA) is 97.1 Å². The Labute approximate surface area is 178 Å². The van der Waals surface area contributed by atoms with Gasteiger partial charge in [-0.1, -0.05) is 0 Å². The second kappa shape index (κ2) is 20.1. The zero-order valence-corrected chi connectivity index (χ0v) is 17.6. The molecule has 0 radical (unpaired) electrons. The Bertz CT molecular complexity index is 497. The molecule has 2 fully saturated rings. The molecule has 3 amide bonds. The molecule has 0 aliphatic carbocycles. The Morgan fingerprint density at radius 2 is 1.43 bits per heavy atom. The Hall–Kier alpha value is -1.68. The maximum Gasteiger partial charge on any atom is 0.317 e. The van der Waals surface area contributed by atoms with Gasteiger partial charge < -0.3 is 30.3 Å². The molecule has 0 aromatic carbocycles. The third-order valence-corrected chi connectivity index (χ3v) is 3.63. The van der Waals surface area contributed by atoms with Gasteiger partial charge in [-0.15, -0.1) is 37.1 Å². The van der Waals surface area contributed by atoms with Crippen LogP contribution in [0.4, 0.5) is 9.59 Å². The summed E-state index contributed by atoms with van der Waals surface area (Å²) in [6.45, 7) is 6.22. The molecule has 2 aliphatic rings. The van der Waals surface area contributed by atoms with Gasteiger partial charge in [-0.05, 0) is 11.6 Å². The number of rotatable bonds is 3. The summed E-state index contributed by atoms with van der Waals surface area (Å²) in [5, 5.41) is 2.37. The molecule has 10 heteroatoms. The van der Waals surface area contributed by atoms with Gasteiger partial charge in [0.1, 0.15) is 0 Å². The SMILES string of the molecule is C#CCCN.C#CCCNC(=O)N1CCOCC1.Cl.O=C(Cl)N1CCOCC1. The van der Waals surface area contributed by atoms with Gasteiger partial charge in [-0.2, -0.15) is 0 Å². The fourth-order valence-electron chi connectivity index (χ4n) is 1.94. The lowest BCUT2D eigenvalue weighted by atomic mass is 10.4. The summed E-state index contributed by atoms with van der Waals surface area (Å²) in [6.07, 6.45) is 11.1. The van der Waals surface area contributed by atoms with Crippen LogP contribution in [0.5, 0.6) is 0 Å². The van der Waals surface area contributed by atoms with E-state index in [9.17, 15) is 9.59 Å². The maximum absolute atomic E-state index is 11.4. The van der Waals surface area contributed by atoms with Crippen molar-refractivity contribution in [3.63, 3.8) is 0 Å². The number of urea groups is 1. The van der Waals surface area contributed by atoms with Crippen LogP contribution in [0, 0.1) is 24.7 Å². The second-order valence-corrected chi connectivity index (χ2v) is 5.70. The number of nitrogens with two attached hydrogens (primary N) is 1. The van der Waals surface area contributed by atoms with E-state index in [0.29, 0.717) is 78.5 Å². The molecule has 0 unspecified atom stereocenters. The minimum Gasteiger partial charge on any atom is -0.378 e. The van der Waals surface area contributed by atoms with Gasteiger partial charge in [0.05, 0.1) is 26.4 Å². The molecule has 0 aromatic heterocycles. The van der Waals surface area contributed by atoms with Crippen molar-refractivity contribution in [2.75, 3.05) is 65.7 Å². The fraction of sp³-hybridized carbons (Fsp3) is 0.667. The third kappa shape index (κ3) is 15.4. The number of carbonyl (C=O) groups excluding carboxylic acids is 2. The van der Waals surface area contributed by atoms with Crippen LogP contribution in [0.15, 0.2) is 0 Å². The maximum atomic E-state index is 11.4. The first-order valence-electron chi connectivity index (χ1n) is 8.76. The van der Waals surface area contributed by atoms with Gasteiger partial charge in [-0.3, -0.25) is 4.79 Å². The smallest absolute Gasteiger partial charge is 0.317 e. The van der Waals surface area contributed by atoms with E-state index in [-0.39, 0.29) is 23.8 Å². The molecule has 0 atom stereocenters. The Balaban J connectivity index is 0. The van der Waals surface area contributed by atoms with Crippen LogP contribution in [0.2, 0.25) is 0 Å². The van der Waals surface area contributed by atoms with Crippen molar-refractivity contribution in [2.24, 2.45) is 5.73 Å². The molecule has 2 rings (SSSR count). The molecule has 0 saturated carbocycles. The summed E-state index contributed by atoms with van der Waals surface area (Å²) in [7, 11) is 0. The summed E-state index contributed by atoms with van der Waals surface area (Å²) in [5.41, 5.74) is 5.00. The number of hydrogen-bond acceptors (Lipinski definition) is 5. The average Bonchev–Trinajstić information content (AvgIpc) is 2.71. The molecule has 0 spiro atoms. The first kappa shape index (κ1) is 28.5. The van der Waals surface area contributed by atoms with Crippen molar-refractivity contribution in [2.45, 2.75) is 12.8 Å². The monoisotopic (exact) mass is 436 g/mol. The van der Waals surface area contributed by atoms with Gasteiger partial charge >= 0.3 is 11.4 Å². The van der Waals surface area contributed by atoms with Crippen LogP contribution in [0.25, 0.3) is 0 Å². The number of ether oxygens (including phenoxy) is 2. The first-order valence-corrected chi connectivity index (χ1v) is 9.14. The molecule has 2 aliphatic heterocycles. The first-order chi connectivity index (χ1) is 13.1. The third-order valence-electron chi connectivity index (χ3n) is 3.39. The van der Waals surface area contributed by atoms with E-state index >= 15 is 0 Å². The Kier molecular flexibility index (Phi) is 20.4. The standard InChI is InChI=1S/C9H14N2O2.C5H8ClNO2.C4H7N.ClH/c1-2-3-4-10-9(12)11-5-7-13-8-6-11;6-5(8)7-1-3-9-4-2-7;1-2-3-4-5;/h1H,3-8H2,(H,10,12);1-4H2;1H,3-5H2;1H. The predicted molar refractivity (Wildman–Crippen MR) is 113 cm³/mol. The van der Waals surface area contributed by atoms with Crippen LogP contribution in [0.1, 0.15) is 12.8 Å². The summed E-state index contributed by atoms with van der Waals surface area (Å²) in [4.78, 5) is 25.1. The molecule has 28 heavy (non-hydrogen) atoms. The highest BCUT2D eigenvalue weighted by atomic mass is 35.5. The van der Waals surface area contributed by atoms with Crippen molar-refractivity contribution in [1.29, 1.82) is 0 Å². The second-order valence-electron chi connectivity index (χ2n) is 5.38. The van der Waals surface area contributed by atoms with E-state index in [2.05, 4.69) is 17.2 Å². The van der Waals surface area contributed by atoms with Crippen LogP contribution in [0.3, 0.4) is 0 Å². The number of morpholine rings is 2. The Morgan fingerprint density at radius 3 is 1.75 bits per heavy atom. The van der Waals surface area contributed by atoms with Gasteiger partial charge in [0.25, 0.3) is 0 Å². The summed E-state index contributed by atoms with van der Waals surface area (Å²) < 4.78 is 10.1. The molecule has 8 nitrogen and oxygen atoms in total. The van der Waals surface area contributed by atoms with Gasteiger partial charge in [0, 0.05) is 52.1 Å². The lowest BCUT2D eigenvalue weighted by Crippen LogP contribution is -2.46. The zero-order chi connectivity index (χ0) is 20.3. The lowest BCUT2D eigenvalue weighted by molar-refractivity contribution is 0.0533. The average molecular weight is 437 g/mol. The van der Waals surface area contributed by atoms with E-state index in [1.165, 1.54) is 0 Å². The number of nitrogens with zero attached hydrogens (tertiary/aromatic N) is 2. The molecule has 0 bridgehead atoms. The van der Waals surface area contributed by atoms with E-state index in [0.717, 1.165) is 0 Å². The van der Waals surface area contributed by atoms with Crippen molar-refractivity contribution < 1.29 is 19.1 Å². The van der Waals surface area contributed by atoms with Gasteiger partial charge in [-0.25, -0.2) is 4.79 Å². The van der Waals surface area contributed by atoms with Crippen molar-refractivity contribution >= 4 is 35.4 Å². The number of carbonyl (C=O) groups is 2. The number of nitrogens with one attached hydrogen (secondary N) is 1. The molecule has 2 heterocycles. The van der Waals surface area contributed by atoms with E-state index in [4.69, 9.17) is 39.7 Å². The normalized spacial score (nSPS) is 15.1. The Morgan fingerprint density at radius 1 is 0.964 bits per heavy atom. The van der Waals surface area contributed by atoms with Crippen molar-refractivity contribution in [3.05, 3.63) is 0 Å². The highest BCUT2D eigenvalue weighted by Crippen LogP contribution is 2.00. The molecular weight excluding hydrogens is 407 g/mol. The van der Waals surface area contributed by atoms with E-state index < -0.39 is 0 Å². The van der Waals surface area contributed by atoms with Crippen LogP contribution < -0.4 is 11.1 Å². The van der Waals surface area contributed by atoms with E-state index in [1.54, 1.807) is 9.80 Å². The zero-order valence-electron chi connectivity index (χ0n) is 16.0. The minimum atomic E-state index is -0.377. The van der Waals surface area contributed by atoms with Crippen molar-refractivity contribution in [1.82, 2.24) is 15.1 Å². The number of amides is 3. The molecule has 2 saturated heterocycles. The predicted octanol–water partition coefficient (Wildman–Crippen LogP) is 1.12. The summed E-state index contributed by atoms with van der Waals surface area (Å²) in [6, 6.07) is -0.0430. The largest absolute Gasteiger partial charge is 0.378 e. The molecule has 0 aromatic rings.